The molecule has 82 valence electrons. The van der Waals surface area contributed by atoms with Crippen LogP contribution in [-0.4, -0.2) is 13.1 Å². The predicted octanol–water partition coefficient (Wildman–Crippen LogP) is 2.97. The zero-order valence-corrected chi connectivity index (χ0v) is 9.23. The van der Waals surface area contributed by atoms with E-state index in [0.717, 1.165) is 0 Å². The molecule has 0 N–H and O–H groups in total. The first-order valence-electron chi connectivity index (χ1n) is 6.14. The molecule has 1 aromatic rings. The van der Waals surface area contributed by atoms with Gasteiger partial charge >= 0.3 is 0 Å². The summed E-state index contributed by atoms with van der Waals surface area (Å²) < 4.78 is 5.83. The van der Waals surface area contributed by atoms with Gasteiger partial charge in [-0.1, -0.05) is 18.2 Å². The Morgan fingerprint density at radius 1 is 1.00 bits per heavy atom. The van der Waals surface area contributed by atoms with Crippen LogP contribution in [0.2, 0.25) is 0 Å². The number of benzene rings is 1. The van der Waals surface area contributed by atoms with Crippen LogP contribution in [0, 0.1) is 0 Å². The van der Waals surface area contributed by atoms with Crippen molar-refractivity contribution >= 4 is 5.69 Å². The van der Waals surface area contributed by atoms with Gasteiger partial charge in [0.05, 0.1) is 0 Å². The molecule has 0 amide bonds. The van der Waals surface area contributed by atoms with Crippen molar-refractivity contribution in [3.05, 3.63) is 41.5 Å². The van der Waals surface area contributed by atoms with E-state index in [9.17, 15) is 0 Å². The first-order chi connectivity index (χ1) is 7.92. The molecule has 1 fully saturated rings. The average Bonchev–Trinajstić information content (AvgIpc) is 3.06. The molecule has 0 saturated carbocycles. The van der Waals surface area contributed by atoms with Gasteiger partial charge in [-0.2, -0.15) is 0 Å². The molecule has 2 heteroatoms. The zero-order chi connectivity index (χ0) is 10.5. The van der Waals surface area contributed by atoms with Crippen LogP contribution in [0.25, 0.3) is 0 Å². The summed E-state index contributed by atoms with van der Waals surface area (Å²) >= 11 is 0. The molecule has 4 rings (SSSR count). The van der Waals surface area contributed by atoms with Gasteiger partial charge in [-0.25, -0.2) is 0 Å². The molecule has 2 atom stereocenters. The normalized spacial score (nSPS) is 30.1. The fourth-order valence-electron chi connectivity index (χ4n) is 3.04. The summed E-state index contributed by atoms with van der Waals surface area (Å²) in [6, 6.07) is 6.83. The lowest BCUT2D eigenvalue weighted by Gasteiger charge is -2.19. The van der Waals surface area contributed by atoms with Gasteiger partial charge in [0.2, 0.25) is 0 Å². The third kappa shape index (κ3) is 1.11. The monoisotopic (exact) mass is 213 g/mol. The van der Waals surface area contributed by atoms with Crippen LogP contribution in [-0.2, 0) is 4.74 Å². The van der Waals surface area contributed by atoms with Crippen molar-refractivity contribution < 1.29 is 4.74 Å². The topological polar surface area (TPSA) is 12.5 Å². The molecule has 0 aromatic heterocycles. The Kier molecular flexibility index (Phi) is 1.71. The summed E-state index contributed by atoms with van der Waals surface area (Å²) in [5.74, 6) is 0. The van der Waals surface area contributed by atoms with Gasteiger partial charge in [-0.15, -0.1) is 0 Å². The predicted molar refractivity (Wildman–Crippen MR) is 63.6 cm³/mol. The van der Waals surface area contributed by atoms with Crippen LogP contribution in [0.4, 0.5) is 5.69 Å². The number of hydrogen-bond donors (Lipinski definition) is 0. The number of hydrogen-bond acceptors (Lipinski definition) is 2. The number of ether oxygens (including phenoxy) is 1. The zero-order valence-electron chi connectivity index (χ0n) is 9.23. The van der Waals surface area contributed by atoms with E-state index in [0.29, 0.717) is 0 Å². The minimum absolute atomic E-state index is 0.225. The molecule has 2 unspecified atom stereocenters. The van der Waals surface area contributed by atoms with Crippen molar-refractivity contribution in [1.82, 2.24) is 0 Å². The molecule has 0 spiro atoms. The summed E-state index contributed by atoms with van der Waals surface area (Å²) in [5.41, 5.74) is 4.13. The van der Waals surface area contributed by atoms with Gasteiger partial charge in [0, 0.05) is 18.8 Å². The third-order valence-corrected chi connectivity index (χ3v) is 3.91. The van der Waals surface area contributed by atoms with Gasteiger partial charge in [0.1, 0.15) is 12.2 Å². The van der Waals surface area contributed by atoms with Gasteiger partial charge in [0.15, 0.2) is 0 Å². The van der Waals surface area contributed by atoms with E-state index in [4.69, 9.17) is 4.74 Å². The van der Waals surface area contributed by atoms with Gasteiger partial charge < -0.3 is 9.64 Å². The van der Waals surface area contributed by atoms with Crippen LogP contribution < -0.4 is 4.90 Å². The maximum atomic E-state index is 5.83. The van der Waals surface area contributed by atoms with Crippen LogP contribution in [0.15, 0.2) is 30.4 Å². The molecular weight excluding hydrogens is 198 g/mol. The van der Waals surface area contributed by atoms with E-state index >= 15 is 0 Å². The van der Waals surface area contributed by atoms with Crippen molar-refractivity contribution in [2.24, 2.45) is 0 Å². The Balaban J connectivity index is 1.75. The highest BCUT2D eigenvalue weighted by Gasteiger charge is 2.33. The lowest BCUT2D eigenvalue weighted by Crippen LogP contribution is -2.17. The summed E-state index contributed by atoms with van der Waals surface area (Å²) in [4.78, 5) is 2.48. The van der Waals surface area contributed by atoms with E-state index in [1.807, 2.05) is 0 Å². The Bertz CT molecular complexity index is 460. The molecule has 16 heavy (non-hydrogen) atoms. The summed E-state index contributed by atoms with van der Waals surface area (Å²) in [5, 5.41) is 0. The highest BCUT2D eigenvalue weighted by Crippen LogP contribution is 2.46. The Labute approximate surface area is 95.5 Å². The van der Waals surface area contributed by atoms with Crippen LogP contribution in [0.5, 0.6) is 0 Å². The number of rotatable bonds is 1. The molecule has 1 saturated heterocycles. The van der Waals surface area contributed by atoms with Crippen LogP contribution in [0.3, 0.4) is 0 Å². The lowest BCUT2D eigenvalue weighted by molar-refractivity contribution is 0.0879. The highest BCUT2D eigenvalue weighted by atomic mass is 16.5. The van der Waals surface area contributed by atoms with E-state index in [1.165, 1.54) is 42.7 Å². The summed E-state index contributed by atoms with van der Waals surface area (Å²) in [6.45, 7) is 2.42. The van der Waals surface area contributed by atoms with E-state index in [-0.39, 0.29) is 12.2 Å². The minimum Gasteiger partial charge on any atom is -0.372 e. The number of fused-ring (bicyclic) bond motifs is 5. The maximum Gasteiger partial charge on any atom is 0.102 e. The molecule has 2 nitrogen and oxygen atoms in total. The standard InChI is InChI=1S/C14H15NO/c1-2-8-15(7-1)10-3-4-11-12(9-10)14-6-5-13(11)16-14/h3-6,9,13-14H,1-2,7-8H2. The SMILES string of the molecule is C1=CC2OC1c1ccc(N3CCCC3)cc12. The van der Waals surface area contributed by atoms with Gasteiger partial charge in [-0.05, 0) is 36.1 Å². The van der Waals surface area contributed by atoms with Crippen LogP contribution >= 0.6 is 0 Å². The summed E-state index contributed by atoms with van der Waals surface area (Å²) in [6.07, 6.45) is 7.47. The summed E-state index contributed by atoms with van der Waals surface area (Å²) in [7, 11) is 0. The van der Waals surface area contributed by atoms with Crippen molar-refractivity contribution in [3.63, 3.8) is 0 Å². The van der Waals surface area contributed by atoms with Crippen molar-refractivity contribution in [1.29, 1.82) is 0 Å². The molecule has 3 aliphatic heterocycles. The first-order valence-corrected chi connectivity index (χ1v) is 6.14. The Morgan fingerprint density at radius 2 is 1.75 bits per heavy atom. The van der Waals surface area contributed by atoms with Crippen molar-refractivity contribution in [2.75, 3.05) is 18.0 Å². The first kappa shape index (κ1) is 8.82. The Hall–Kier alpha value is -1.28. The molecule has 0 radical (unpaired) electrons. The molecule has 3 heterocycles. The van der Waals surface area contributed by atoms with E-state index in [1.54, 1.807) is 0 Å². The molecule has 3 aliphatic rings. The van der Waals surface area contributed by atoms with Crippen LogP contribution in [0.1, 0.15) is 36.2 Å². The second kappa shape index (κ2) is 3.11. The largest absolute Gasteiger partial charge is 0.372 e. The van der Waals surface area contributed by atoms with Gasteiger partial charge in [0.25, 0.3) is 0 Å². The number of nitrogens with zero attached hydrogens (tertiary/aromatic N) is 1. The molecular formula is C14H15NO. The fourth-order valence-corrected chi connectivity index (χ4v) is 3.04. The third-order valence-electron chi connectivity index (χ3n) is 3.91. The molecule has 0 aliphatic carbocycles. The minimum atomic E-state index is 0.225. The second-order valence-corrected chi connectivity index (χ2v) is 4.87. The highest BCUT2D eigenvalue weighted by molar-refractivity contribution is 5.56. The van der Waals surface area contributed by atoms with E-state index < -0.39 is 0 Å². The van der Waals surface area contributed by atoms with Crippen molar-refractivity contribution in [3.8, 4) is 0 Å². The Morgan fingerprint density at radius 3 is 2.56 bits per heavy atom. The smallest absolute Gasteiger partial charge is 0.102 e. The fraction of sp³-hybridized carbons (Fsp3) is 0.429. The molecule has 2 bridgehead atoms. The van der Waals surface area contributed by atoms with Gasteiger partial charge in [-0.3, -0.25) is 0 Å². The quantitative estimate of drug-likeness (QED) is 0.665. The maximum absolute atomic E-state index is 5.83. The molecule has 1 aromatic carbocycles. The second-order valence-electron chi connectivity index (χ2n) is 4.87. The lowest BCUT2D eigenvalue weighted by atomic mass is 9.96. The van der Waals surface area contributed by atoms with E-state index in [2.05, 4.69) is 35.3 Å². The van der Waals surface area contributed by atoms with Crippen molar-refractivity contribution in [2.45, 2.75) is 25.0 Å². The average molecular weight is 213 g/mol. The number of anilines is 1.